The number of rotatable bonds is 7. The highest BCUT2D eigenvalue weighted by Crippen LogP contribution is 2.31. The summed E-state index contributed by atoms with van der Waals surface area (Å²) in [5.41, 5.74) is 3.78. The van der Waals surface area contributed by atoms with Crippen molar-refractivity contribution in [2.75, 3.05) is 45.3 Å². The highest BCUT2D eigenvalue weighted by molar-refractivity contribution is 5.94. The van der Waals surface area contributed by atoms with Gasteiger partial charge in [-0.2, -0.15) is 0 Å². The molecular formula is C27H30N4O2. The monoisotopic (exact) mass is 442 g/mol. The Hall–Kier alpha value is -3.51. The fourth-order valence-electron chi connectivity index (χ4n) is 4.66. The molecular weight excluding hydrogens is 412 g/mol. The average Bonchev–Trinajstić information content (AvgIpc) is 3.27. The molecule has 33 heavy (non-hydrogen) atoms. The summed E-state index contributed by atoms with van der Waals surface area (Å²) in [6.07, 6.45) is 8.30. The van der Waals surface area contributed by atoms with Gasteiger partial charge in [0.2, 0.25) is 0 Å². The molecule has 170 valence electrons. The minimum atomic E-state index is 0.754. The van der Waals surface area contributed by atoms with E-state index < -0.39 is 0 Å². The smallest absolute Gasteiger partial charge is 0.161 e. The lowest BCUT2D eigenvalue weighted by Crippen LogP contribution is -2.46. The summed E-state index contributed by atoms with van der Waals surface area (Å²) in [6.45, 7) is 5.91. The Morgan fingerprint density at radius 2 is 1.67 bits per heavy atom. The number of hydrogen-bond donors (Lipinski definition) is 0. The predicted molar refractivity (Wildman–Crippen MR) is 132 cm³/mol. The predicted octanol–water partition coefficient (Wildman–Crippen LogP) is 4.42. The second-order valence-corrected chi connectivity index (χ2v) is 8.52. The molecule has 3 heterocycles. The Morgan fingerprint density at radius 3 is 2.42 bits per heavy atom. The Bertz CT molecular complexity index is 1210. The van der Waals surface area contributed by atoms with Gasteiger partial charge < -0.3 is 18.9 Å². The summed E-state index contributed by atoms with van der Waals surface area (Å²) in [7, 11) is 3.34. The zero-order valence-corrected chi connectivity index (χ0v) is 19.3. The van der Waals surface area contributed by atoms with Gasteiger partial charge >= 0.3 is 0 Å². The van der Waals surface area contributed by atoms with Crippen LogP contribution in [0.1, 0.15) is 11.1 Å². The van der Waals surface area contributed by atoms with Crippen LogP contribution in [0.2, 0.25) is 0 Å². The maximum absolute atomic E-state index is 5.47. The minimum absolute atomic E-state index is 0.754. The molecule has 0 N–H and O–H groups in total. The van der Waals surface area contributed by atoms with Crippen molar-refractivity contribution in [3.63, 3.8) is 0 Å². The lowest BCUT2D eigenvalue weighted by atomic mass is 10.1. The number of anilines is 1. The standard InChI is InChI=1S/C27H30N4O2/c1-32-26-9-8-21(15-27(26)33-2)17-30-19-23-6-3-7-25(24(23)20-30)31-13-11-29(12-14-31)18-22-5-4-10-28-16-22/h3-10,15-16,19-20H,11-14,17-18H2,1-2H3. The molecule has 0 saturated carbocycles. The van der Waals surface area contributed by atoms with Crippen LogP contribution in [0.25, 0.3) is 10.8 Å². The number of nitrogens with zero attached hydrogens (tertiary/aromatic N) is 4. The van der Waals surface area contributed by atoms with Gasteiger partial charge in [0.15, 0.2) is 11.5 Å². The molecule has 4 aromatic rings. The number of aromatic nitrogens is 2. The number of ether oxygens (including phenoxy) is 2. The van der Waals surface area contributed by atoms with Crippen molar-refractivity contribution in [2.45, 2.75) is 13.1 Å². The number of benzene rings is 2. The van der Waals surface area contributed by atoms with Gasteiger partial charge in [-0.05, 0) is 35.4 Å². The van der Waals surface area contributed by atoms with Gasteiger partial charge in [-0.3, -0.25) is 9.88 Å². The highest BCUT2D eigenvalue weighted by atomic mass is 16.5. The van der Waals surface area contributed by atoms with Crippen molar-refractivity contribution in [3.05, 3.63) is 84.4 Å². The molecule has 1 aliphatic rings. The number of fused-ring (bicyclic) bond motifs is 1. The third-order valence-electron chi connectivity index (χ3n) is 6.37. The SMILES string of the molecule is COc1ccc(Cn2cc3cccc(N4CCN(Cc5cccnc5)CC4)c3c2)cc1OC. The highest BCUT2D eigenvalue weighted by Gasteiger charge is 2.19. The maximum Gasteiger partial charge on any atom is 0.161 e. The van der Waals surface area contributed by atoms with Crippen LogP contribution in [0.5, 0.6) is 11.5 Å². The van der Waals surface area contributed by atoms with E-state index in [1.54, 1.807) is 14.2 Å². The molecule has 6 nitrogen and oxygen atoms in total. The summed E-state index contributed by atoms with van der Waals surface area (Å²) in [5.74, 6) is 1.51. The van der Waals surface area contributed by atoms with Crippen LogP contribution < -0.4 is 14.4 Å². The first-order valence-corrected chi connectivity index (χ1v) is 11.4. The molecule has 2 aromatic carbocycles. The zero-order valence-electron chi connectivity index (χ0n) is 19.3. The fraction of sp³-hybridized carbons (Fsp3) is 0.296. The summed E-state index contributed by atoms with van der Waals surface area (Å²) in [6, 6.07) is 16.9. The van der Waals surface area contributed by atoms with E-state index >= 15 is 0 Å². The van der Waals surface area contributed by atoms with Crippen LogP contribution in [0.15, 0.2) is 73.3 Å². The molecule has 0 amide bonds. The summed E-state index contributed by atoms with van der Waals surface area (Å²) in [4.78, 5) is 9.27. The third kappa shape index (κ3) is 4.66. The van der Waals surface area contributed by atoms with Crippen molar-refractivity contribution in [2.24, 2.45) is 0 Å². The molecule has 0 radical (unpaired) electrons. The average molecular weight is 443 g/mol. The fourth-order valence-corrected chi connectivity index (χ4v) is 4.66. The normalized spacial score (nSPS) is 14.5. The second kappa shape index (κ2) is 9.55. The number of pyridine rings is 1. The topological polar surface area (TPSA) is 42.8 Å². The first-order valence-electron chi connectivity index (χ1n) is 11.4. The second-order valence-electron chi connectivity index (χ2n) is 8.52. The van der Waals surface area contributed by atoms with Gasteiger partial charge in [-0.1, -0.05) is 24.3 Å². The van der Waals surface area contributed by atoms with Gasteiger partial charge in [0, 0.05) is 80.5 Å². The van der Waals surface area contributed by atoms with E-state index in [1.165, 1.54) is 27.6 Å². The van der Waals surface area contributed by atoms with E-state index in [-0.39, 0.29) is 0 Å². The van der Waals surface area contributed by atoms with Gasteiger partial charge in [-0.25, -0.2) is 0 Å². The van der Waals surface area contributed by atoms with E-state index in [9.17, 15) is 0 Å². The first kappa shape index (κ1) is 21.3. The van der Waals surface area contributed by atoms with Gasteiger partial charge in [0.05, 0.1) is 14.2 Å². The summed E-state index contributed by atoms with van der Waals surface area (Å²) < 4.78 is 13.1. The number of methoxy groups -OCH3 is 2. The van der Waals surface area contributed by atoms with Gasteiger partial charge in [-0.15, -0.1) is 0 Å². The van der Waals surface area contributed by atoms with E-state index in [2.05, 4.69) is 62.1 Å². The van der Waals surface area contributed by atoms with E-state index in [0.717, 1.165) is 50.8 Å². The van der Waals surface area contributed by atoms with Crippen LogP contribution in [0.4, 0.5) is 5.69 Å². The van der Waals surface area contributed by atoms with E-state index in [1.807, 2.05) is 30.6 Å². The van der Waals surface area contributed by atoms with Crippen LogP contribution >= 0.6 is 0 Å². The Kier molecular flexibility index (Phi) is 6.17. The van der Waals surface area contributed by atoms with Gasteiger partial charge in [0.25, 0.3) is 0 Å². The summed E-state index contributed by atoms with van der Waals surface area (Å²) >= 11 is 0. The van der Waals surface area contributed by atoms with Gasteiger partial charge in [0.1, 0.15) is 0 Å². The lowest BCUT2D eigenvalue weighted by Gasteiger charge is -2.36. The van der Waals surface area contributed by atoms with Crippen LogP contribution in [-0.2, 0) is 13.1 Å². The zero-order chi connectivity index (χ0) is 22.6. The molecule has 2 aromatic heterocycles. The maximum atomic E-state index is 5.47. The molecule has 1 fully saturated rings. The van der Waals surface area contributed by atoms with Crippen molar-refractivity contribution >= 4 is 16.5 Å². The lowest BCUT2D eigenvalue weighted by molar-refractivity contribution is 0.250. The Morgan fingerprint density at radius 1 is 0.818 bits per heavy atom. The quantitative estimate of drug-likeness (QED) is 0.424. The van der Waals surface area contributed by atoms with Crippen LogP contribution in [0.3, 0.4) is 0 Å². The molecule has 5 rings (SSSR count). The Balaban J connectivity index is 1.30. The molecule has 0 atom stereocenters. The third-order valence-corrected chi connectivity index (χ3v) is 6.37. The molecule has 0 bridgehead atoms. The molecule has 6 heteroatoms. The Labute approximate surface area is 195 Å². The molecule has 0 unspecified atom stereocenters. The van der Waals surface area contributed by atoms with Crippen molar-refractivity contribution < 1.29 is 9.47 Å². The minimum Gasteiger partial charge on any atom is -0.493 e. The van der Waals surface area contributed by atoms with E-state index in [4.69, 9.17) is 9.47 Å². The van der Waals surface area contributed by atoms with Crippen molar-refractivity contribution in [1.29, 1.82) is 0 Å². The number of hydrogen-bond acceptors (Lipinski definition) is 5. The van der Waals surface area contributed by atoms with E-state index in [0.29, 0.717) is 0 Å². The first-order chi connectivity index (χ1) is 16.2. The molecule has 1 aliphatic heterocycles. The molecule has 0 aliphatic carbocycles. The van der Waals surface area contributed by atoms with Crippen LogP contribution in [0, 0.1) is 0 Å². The van der Waals surface area contributed by atoms with Crippen LogP contribution in [-0.4, -0.2) is 54.8 Å². The molecule has 1 saturated heterocycles. The number of piperazine rings is 1. The summed E-state index contributed by atoms with van der Waals surface area (Å²) in [5, 5.41) is 2.57. The molecule has 0 spiro atoms. The largest absolute Gasteiger partial charge is 0.493 e. The van der Waals surface area contributed by atoms with Crippen molar-refractivity contribution in [3.8, 4) is 11.5 Å². The van der Waals surface area contributed by atoms with Crippen molar-refractivity contribution in [1.82, 2.24) is 14.5 Å².